The summed E-state index contributed by atoms with van der Waals surface area (Å²) in [6.07, 6.45) is 0. The number of aliphatic hydroxyl groups is 1. The third-order valence-corrected chi connectivity index (χ3v) is 6.52. The first-order valence-electron chi connectivity index (χ1n) is 11.2. The largest absolute Gasteiger partial charge is 0.507 e. The summed E-state index contributed by atoms with van der Waals surface area (Å²) in [7, 11) is 0. The molecule has 2 heterocycles. The van der Waals surface area contributed by atoms with Crippen LogP contribution in [-0.2, 0) is 19.1 Å². The van der Waals surface area contributed by atoms with E-state index < -0.39 is 23.6 Å². The van der Waals surface area contributed by atoms with Crippen LogP contribution in [0.25, 0.3) is 5.76 Å². The lowest BCUT2D eigenvalue weighted by Crippen LogP contribution is -2.42. The van der Waals surface area contributed by atoms with Gasteiger partial charge in [-0.05, 0) is 29.8 Å². The molecule has 3 N–H and O–H groups in total. The van der Waals surface area contributed by atoms with Crippen LogP contribution in [0.15, 0.2) is 58.6 Å². The van der Waals surface area contributed by atoms with Gasteiger partial charge in [-0.15, -0.1) is 0 Å². The number of carbonyl (C=O) groups is 3. The maximum atomic E-state index is 13.1. The van der Waals surface area contributed by atoms with E-state index in [1.165, 1.54) is 4.90 Å². The summed E-state index contributed by atoms with van der Waals surface area (Å²) in [6, 6.07) is 12.8. The zero-order chi connectivity index (χ0) is 24.9. The molecule has 2 aliphatic heterocycles. The van der Waals surface area contributed by atoms with Crippen molar-refractivity contribution < 1.29 is 29.0 Å². The van der Waals surface area contributed by atoms with Crippen LogP contribution in [0.5, 0.6) is 5.75 Å². The van der Waals surface area contributed by atoms with Crippen molar-refractivity contribution in [2.45, 2.75) is 6.04 Å². The number of rotatable bonds is 8. The van der Waals surface area contributed by atoms with E-state index in [0.29, 0.717) is 43.2 Å². The van der Waals surface area contributed by atoms with Gasteiger partial charge in [0.25, 0.3) is 17.6 Å². The lowest BCUT2D eigenvalue weighted by molar-refractivity contribution is -0.140. The number of halogens is 1. The topological polar surface area (TPSA) is 122 Å². The van der Waals surface area contributed by atoms with Crippen molar-refractivity contribution >= 4 is 39.3 Å². The van der Waals surface area contributed by atoms with Gasteiger partial charge < -0.3 is 25.2 Å². The number of nitrogens with zero attached hydrogens (tertiary/aromatic N) is 2. The van der Waals surface area contributed by atoms with Crippen molar-refractivity contribution in [1.29, 1.82) is 0 Å². The number of nitrogens with two attached hydrogens (primary N) is 1. The molecule has 2 amide bonds. The number of Topliss-reactive ketones (excluding diaryl/α,β-unsaturated/α-hetero) is 1. The molecule has 2 aromatic rings. The Labute approximate surface area is 211 Å². The first-order valence-corrected chi connectivity index (χ1v) is 12.0. The number of amides is 2. The molecule has 0 aliphatic carbocycles. The van der Waals surface area contributed by atoms with Crippen LogP contribution in [0, 0.1) is 0 Å². The number of ether oxygens (including phenoxy) is 2. The van der Waals surface area contributed by atoms with Crippen LogP contribution in [0.3, 0.4) is 0 Å². The monoisotopic (exact) mass is 543 g/mol. The molecule has 2 fully saturated rings. The van der Waals surface area contributed by atoms with Crippen LogP contribution in [0.2, 0.25) is 0 Å². The standard InChI is InChI=1S/C25H26BrN3O6/c26-18-5-1-17(2-6-18)23(31)21-22(16-3-7-19(8-4-16)35-15-20(27)30)29(25(33)24(21)32)10-9-28-11-13-34-14-12-28/h1-8,22,31H,9-15H2,(H2,27,30)/t22-/m0/s1. The maximum absolute atomic E-state index is 13.1. The number of hydrogen-bond donors (Lipinski definition) is 2. The quantitative estimate of drug-likeness (QED) is 0.297. The Balaban J connectivity index is 1.69. The maximum Gasteiger partial charge on any atom is 0.295 e. The fourth-order valence-corrected chi connectivity index (χ4v) is 4.46. The molecule has 9 nitrogen and oxygen atoms in total. The second-order valence-corrected chi connectivity index (χ2v) is 9.19. The number of ketones is 1. The Morgan fingerprint density at radius 1 is 1.06 bits per heavy atom. The molecule has 0 saturated carbocycles. The summed E-state index contributed by atoms with van der Waals surface area (Å²) < 4.78 is 11.5. The highest BCUT2D eigenvalue weighted by Gasteiger charge is 2.46. The second-order valence-electron chi connectivity index (χ2n) is 8.28. The Morgan fingerprint density at radius 2 is 1.71 bits per heavy atom. The number of hydrogen-bond acceptors (Lipinski definition) is 7. The molecule has 0 radical (unpaired) electrons. The van der Waals surface area contributed by atoms with Gasteiger partial charge in [-0.2, -0.15) is 0 Å². The highest BCUT2D eigenvalue weighted by Crippen LogP contribution is 2.39. The molecule has 0 spiro atoms. The lowest BCUT2D eigenvalue weighted by atomic mass is 9.95. The fourth-order valence-electron chi connectivity index (χ4n) is 4.20. The van der Waals surface area contributed by atoms with Gasteiger partial charge in [-0.3, -0.25) is 19.3 Å². The molecule has 10 heteroatoms. The number of carbonyl (C=O) groups excluding carboxylic acids is 3. The number of likely N-dealkylation sites (tertiary alicyclic amines) is 1. The number of primary amides is 1. The van der Waals surface area contributed by atoms with Gasteiger partial charge in [0.15, 0.2) is 6.61 Å². The van der Waals surface area contributed by atoms with Gasteiger partial charge in [-0.1, -0.05) is 40.2 Å². The summed E-state index contributed by atoms with van der Waals surface area (Å²) >= 11 is 3.36. The average molecular weight is 544 g/mol. The predicted octanol–water partition coefficient (Wildman–Crippen LogP) is 2.07. The summed E-state index contributed by atoms with van der Waals surface area (Å²) in [5.41, 5.74) is 6.24. The Kier molecular flexibility index (Phi) is 7.84. The van der Waals surface area contributed by atoms with E-state index in [0.717, 1.165) is 17.6 Å². The van der Waals surface area contributed by atoms with E-state index >= 15 is 0 Å². The Morgan fingerprint density at radius 3 is 2.34 bits per heavy atom. The van der Waals surface area contributed by atoms with Crippen molar-refractivity contribution in [3.8, 4) is 5.75 Å². The summed E-state index contributed by atoms with van der Waals surface area (Å²) in [5, 5.41) is 11.1. The van der Waals surface area contributed by atoms with E-state index in [4.69, 9.17) is 15.2 Å². The third-order valence-electron chi connectivity index (χ3n) is 6.00. The summed E-state index contributed by atoms with van der Waals surface area (Å²) in [6.45, 7) is 3.37. The molecule has 2 aliphatic rings. The normalized spacial score (nSPS) is 20.3. The van der Waals surface area contributed by atoms with E-state index in [1.54, 1.807) is 48.5 Å². The molecule has 2 aromatic carbocycles. The molecule has 0 aromatic heterocycles. The molecule has 1 atom stereocenters. The van der Waals surface area contributed by atoms with Crippen molar-refractivity contribution in [3.63, 3.8) is 0 Å². The number of aliphatic hydroxyl groups excluding tert-OH is 1. The van der Waals surface area contributed by atoms with Gasteiger partial charge in [-0.25, -0.2) is 0 Å². The second kappa shape index (κ2) is 11.0. The third kappa shape index (κ3) is 5.72. The van der Waals surface area contributed by atoms with Gasteiger partial charge in [0.1, 0.15) is 11.5 Å². The van der Waals surface area contributed by atoms with E-state index in [2.05, 4.69) is 20.8 Å². The summed E-state index contributed by atoms with van der Waals surface area (Å²) in [5.74, 6) is -1.79. The highest BCUT2D eigenvalue weighted by atomic mass is 79.9. The minimum absolute atomic E-state index is 0.0325. The van der Waals surface area contributed by atoms with Gasteiger partial charge in [0.05, 0.1) is 24.8 Å². The summed E-state index contributed by atoms with van der Waals surface area (Å²) in [4.78, 5) is 40.9. The first kappa shape index (κ1) is 24.9. The first-order chi connectivity index (χ1) is 16.8. The molecule has 35 heavy (non-hydrogen) atoms. The molecule has 184 valence electrons. The van der Waals surface area contributed by atoms with Gasteiger partial charge in [0.2, 0.25) is 0 Å². The van der Waals surface area contributed by atoms with Crippen LogP contribution < -0.4 is 10.5 Å². The molecule has 0 unspecified atom stereocenters. The Bertz CT molecular complexity index is 1130. The fraction of sp³-hybridized carbons (Fsp3) is 0.320. The molecule has 2 saturated heterocycles. The Hall–Kier alpha value is -3.21. The molecular formula is C25H26BrN3O6. The van der Waals surface area contributed by atoms with E-state index in [9.17, 15) is 19.5 Å². The zero-order valence-electron chi connectivity index (χ0n) is 19.0. The number of benzene rings is 2. The van der Waals surface area contributed by atoms with Crippen LogP contribution >= 0.6 is 15.9 Å². The average Bonchev–Trinajstić information content (AvgIpc) is 3.12. The number of morpholine rings is 1. The minimum atomic E-state index is -0.773. The lowest BCUT2D eigenvalue weighted by Gasteiger charge is -2.31. The van der Waals surface area contributed by atoms with E-state index in [1.807, 2.05) is 0 Å². The van der Waals surface area contributed by atoms with Crippen LogP contribution in [0.4, 0.5) is 0 Å². The van der Waals surface area contributed by atoms with E-state index in [-0.39, 0.29) is 17.9 Å². The van der Waals surface area contributed by atoms with Gasteiger partial charge >= 0.3 is 0 Å². The van der Waals surface area contributed by atoms with Crippen molar-refractivity contribution in [2.75, 3.05) is 46.0 Å². The van der Waals surface area contributed by atoms with Crippen molar-refractivity contribution in [2.24, 2.45) is 5.73 Å². The molecule has 0 bridgehead atoms. The molecular weight excluding hydrogens is 518 g/mol. The SMILES string of the molecule is NC(=O)COc1ccc([C@H]2C(=C(O)c3ccc(Br)cc3)C(=O)C(=O)N2CCN2CCOCC2)cc1. The predicted molar refractivity (Wildman–Crippen MR) is 132 cm³/mol. The molecule has 4 rings (SSSR count). The van der Waals surface area contributed by atoms with Crippen molar-refractivity contribution in [3.05, 3.63) is 69.7 Å². The van der Waals surface area contributed by atoms with Gasteiger partial charge in [0, 0.05) is 36.2 Å². The van der Waals surface area contributed by atoms with Crippen molar-refractivity contribution in [1.82, 2.24) is 9.80 Å². The van der Waals surface area contributed by atoms with Crippen LogP contribution in [-0.4, -0.2) is 78.5 Å². The highest BCUT2D eigenvalue weighted by molar-refractivity contribution is 9.10. The van der Waals surface area contributed by atoms with Crippen LogP contribution in [0.1, 0.15) is 17.2 Å². The zero-order valence-corrected chi connectivity index (χ0v) is 20.6. The smallest absolute Gasteiger partial charge is 0.295 e. The minimum Gasteiger partial charge on any atom is -0.507 e.